The van der Waals surface area contributed by atoms with Crippen LogP contribution in [0.25, 0.3) is 33.2 Å². The highest BCUT2D eigenvalue weighted by molar-refractivity contribution is 6.08. The van der Waals surface area contributed by atoms with E-state index in [1.165, 1.54) is 40.9 Å². The SMILES string of the molecule is Oc1ccc(-c2nc3ccc4[nH]ccc4c3c3c2CCCC3)nc1. The molecule has 0 bridgehead atoms. The molecule has 5 rings (SSSR count). The molecule has 4 aromatic rings. The molecule has 0 fully saturated rings. The number of hydrogen-bond acceptors (Lipinski definition) is 3. The Morgan fingerprint density at radius 3 is 2.67 bits per heavy atom. The standard InChI is InChI=1S/C20H17N3O/c24-12-5-6-18(22-11-12)20-14-4-2-1-3-13(14)19-15-9-10-21-16(15)7-8-17(19)23-20/h5-11,21,24H,1-4H2. The highest BCUT2D eigenvalue weighted by Crippen LogP contribution is 2.37. The van der Waals surface area contributed by atoms with Gasteiger partial charge in [-0.15, -0.1) is 0 Å². The van der Waals surface area contributed by atoms with Crippen LogP contribution in [0.5, 0.6) is 5.75 Å². The second-order valence-electron chi connectivity index (χ2n) is 6.42. The molecule has 0 saturated heterocycles. The zero-order chi connectivity index (χ0) is 16.1. The van der Waals surface area contributed by atoms with Crippen molar-refractivity contribution < 1.29 is 5.11 Å². The zero-order valence-electron chi connectivity index (χ0n) is 13.2. The van der Waals surface area contributed by atoms with Crippen molar-refractivity contribution >= 4 is 21.8 Å². The van der Waals surface area contributed by atoms with Crippen molar-refractivity contribution in [1.82, 2.24) is 15.0 Å². The van der Waals surface area contributed by atoms with E-state index in [0.717, 1.165) is 35.3 Å². The minimum Gasteiger partial charge on any atom is -0.506 e. The zero-order valence-corrected chi connectivity index (χ0v) is 13.2. The van der Waals surface area contributed by atoms with E-state index in [1.54, 1.807) is 6.07 Å². The van der Waals surface area contributed by atoms with Crippen LogP contribution in [0.2, 0.25) is 0 Å². The molecular weight excluding hydrogens is 298 g/mol. The number of aromatic amines is 1. The third-order valence-electron chi connectivity index (χ3n) is 4.99. The molecule has 0 aliphatic heterocycles. The fourth-order valence-corrected chi connectivity index (χ4v) is 3.90. The van der Waals surface area contributed by atoms with Crippen LogP contribution in [-0.2, 0) is 12.8 Å². The Morgan fingerprint density at radius 1 is 0.958 bits per heavy atom. The van der Waals surface area contributed by atoms with Crippen LogP contribution >= 0.6 is 0 Å². The van der Waals surface area contributed by atoms with Crippen LogP contribution in [0.3, 0.4) is 0 Å². The Morgan fingerprint density at radius 2 is 1.83 bits per heavy atom. The van der Waals surface area contributed by atoms with Gasteiger partial charge in [0.15, 0.2) is 0 Å². The number of H-pyrrole nitrogens is 1. The maximum Gasteiger partial charge on any atom is 0.133 e. The molecule has 2 N–H and O–H groups in total. The third kappa shape index (κ3) is 1.92. The van der Waals surface area contributed by atoms with E-state index >= 15 is 0 Å². The van der Waals surface area contributed by atoms with Gasteiger partial charge in [-0.1, -0.05) is 0 Å². The number of nitrogens with zero attached hydrogens (tertiary/aromatic N) is 2. The summed E-state index contributed by atoms with van der Waals surface area (Å²) >= 11 is 0. The monoisotopic (exact) mass is 315 g/mol. The minimum absolute atomic E-state index is 0.183. The van der Waals surface area contributed by atoms with Gasteiger partial charge in [0.2, 0.25) is 0 Å². The van der Waals surface area contributed by atoms with Crippen LogP contribution in [0.15, 0.2) is 42.7 Å². The van der Waals surface area contributed by atoms with Gasteiger partial charge < -0.3 is 10.1 Å². The number of aromatic hydroxyl groups is 1. The summed E-state index contributed by atoms with van der Waals surface area (Å²) in [6.45, 7) is 0. The first-order valence-electron chi connectivity index (χ1n) is 8.38. The summed E-state index contributed by atoms with van der Waals surface area (Å²) in [6, 6.07) is 9.86. The van der Waals surface area contributed by atoms with E-state index in [-0.39, 0.29) is 5.75 Å². The first-order valence-corrected chi connectivity index (χ1v) is 8.38. The second kappa shape index (κ2) is 5.06. The van der Waals surface area contributed by atoms with Gasteiger partial charge in [0.05, 0.1) is 23.1 Å². The van der Waals surface area contributed by atoms with Crippen LogP contribution in [0.1, 0.15) is 24.0 Å². The molecule has 1 aromatic carbocycles. The van der Waals surface area contributed by atoms with Gasteiger partial charge in [0.25, 0.3) is 0 Å². The van der Waals surface area contributed by atoms with E-state index < -0.39 is 0 Å². The number of rotatable bonds is 1. The summed E-state index contributed by atoms with van der Waals surface area (Å²) in [5.74, 6) is 0.183. The van der Waals surface area contributed by atoms with Crippen LogP contribution in [0.4, 0.5) is 0 Å². The van der Waals surface area contributed by atoms with E-state index in [4.69, 9.17) is 4.98 Å². The Balaban J connectivity index is 1.88. The van der Waals surface area contributed by atoms with Gasteiger partial charge in [-0.05, 0) is 67.1 Å². The molecule has 118 valence electrons. The first-order chi connectivity index (χ1) is 11.8. The number of aromatic nitrogens is 3. The highest BCUT2D eigenvalue weighted by atomic mass is 16.3. The summed E-state index contributed by atoms with van der Waals surface area (Å²) in [5.41, 5.74) is 6.72. The fourth-order valence-electron chi connectivity index (χ4n) is 3.90. The third-order valence-corrected chi connectivity index (χ3v) is 4.99. The highest BCUT2D eigenvalue weighted by Gasteiger charge is 2.21. The van der Waals surface area contributed by atoms with Gasteiger partial charge in [0.1, 0.15) is 5.75 Å². The molecule has 3 heterocycles. The Bertz CT molecular complexity index is 1060. The van der Waals surface area contributed by atoms with Crippen molar-refractivity contribution in [1.29, 1.82) is 0 Å². The van der Waals surface area contributed by atoms with Crippen molar-refractivity contribution in [2.24, 2.45) is 0 Å². The predicted molar refractivity (Wildman–Crippen MR) is 95.1 cm³/mol. The fraction of sp³-hybridized carbons (Fsp3) is 0.200. The lowest BCUT2D eigenvalue weighted by Gasteiger charge is -2.21. The minimum atomic E-state index is 0.183. The van der Waals surface area contributed by atoms with Gasteiger partial charge >= 0.3 is 0 Å². The number of hydrogen-bond donors (Lipinski definition) is 2. The molecule has 4 heteroatoms. The van der Waals surface area contributed by atoms with Gasteiger partial charge in [-0.3, -0.25) is 4.98 Å². The molecule has 1 aliphatic rings. The Labute approximate surface area is 139 Å². The van der Waals surface area contributed by atoms with Crippen LogP contribution in [-0.4, -0.2) is 20.1 Å². The summed E-state index contributed by atoms with van der Waals surface area (Å²) < 4.78 is 0. The molecule has 24 heavy (non-hydrogen) atoms. The molecule has 1 aliphatic carbocycles. The lowest BCUT2D eigenvalue weighted by Crippen LogP contribution is -2.08. The van der Waals surface area contributed by atoms with Crippen molar-refractivity contribution in [2.45, 2.75) is 25.7 Å². The molecular formula is C20H17N3O. The van der Waals surface area contributed by atoms with Crippen molar-refractivity contribution in [3.8, 4) is 17.1 Å². The van der Waals surface area contributed by atoms with Crippen LogP contribution in [0, 0.1) is 0 Å². The topological polar surface area (TPSA) is 61.8 Å². The number of aryl methyl sites for hydroxylation is 1. The maximum absolute atomic E-state index is 9.52. The number of nitrogens with one attached hydrogen (secondary N) is 1. The predicted octanol–water partition coefficient (Wildman–Crippen LogP) is 4.36. The van der Waals surface area contributed by atoms with Gasteiger partial charge in [0, 0.05) is 22.5 Å². The lowest BCUT2D eigenvalue weighted by molar-refractivity contribution is 0.473. The molecule has 3 aromatic heterocycles. The molecule has 0 saturated carbocycles. The number of benzene rings is 1. The summed E-state index contributed by atoms with van der Waals surface area (Å²) in [7, 11) is 0. The number of fused-ring (bicyclic) bond motifs is 5. The van der Waals surface area contributed by atoms with Crippen molar-refractivity contribution in [3.63, 3.8) is 0 Å². The van der Waals surface area contributed by atoms with Gasteiger partial charge in [-0.25, -0.2) is 4.98 Å². The van der Waals surface area contributed by atoms with E-state index in [2.05, 4.69) is 28.2 Å². The molecule has 4 nitrogen and oxygen atoms in total. The quantitative estimate of drug-likeness (QED) is 0.548. The normalized spacial score (nSPS) is 14.2. The number of pyridine rings is 2. The van der Waals surface area contributed by atoms with Crippen LogP contribution < -0.4 is 0 Å². The van der Waals surface area contributed by atoms with Crippen molar-refractivity contribution in [3.05, 3.63) is 53.9 Å². The largest absolute Gasteiger partial charge is 0.506 e. The maximum atomic E-state index is 9.52. The molecule has 0 spiro atoms. The molecule has 0 atom stereocenters. The second-order valence-corrected chi connectivity index (χ2v) is 6.42. The Kier molecular flexibility index (Phi) is 2.86. The average Bonchev–Trinajstić information content (AvgIpc) is 3.10. The van der Waals surface area contributed by atoms with E-state index in [1.807, 2.05) is 12.3 Å². The first kappa shape index (κ1) is 13.5. The molecule has 0 radical (unpaired) electrons. The lowest BCUT2D eigenvalue weighted by atomic mass is 9.86. The Hall–Kier alpha value is -2.88. The van der Waals surface area contributed by atoms with Gasteiger partial charge in [-0.2, -0.15) is 0 Å². The summed E-state index contributed by atoms with van der Waals surface area (Å²) in [4.78, 5) is 12.7. The van der Waals surface area contributed by atoms with Crippen molar-refractivity contribution in [2.75, 3.05) is 0 Å². The molecule has 0 amide bonds. The average molecular weight is 315 g/mol. The summed E-state index contributed by atoms with van der Waals surface area (Å²) in [6.07, 6.45) is 8.02. The molecule has 0 unspecified atom stereocenters. The van der Waals surface area contributed by atoms with E-state index in [9.17, 15) is 5.11 Å². The van der Waals surface area contributed by atoms with E-state index in [0.29, 0.717) is 0 Å². The smallest absolute Gasteiger partial charge is 0.133 e. The summed E-state index contributed by atoms with van der Waals surface area (Å²) in [5, 5.41) is 12.1.